The summed E-state index contributed by atoms with van der Waals surface area (Å²) in [5.74, 6) is -0.686. The predicted octanol–water partition coefficient (Wildman–Crippen LogP) is -0.825. The van der Waals surface area contributed by atoms with Gasteiger partial charge in [-0.15, -0.1) is 0 Å². The van der Waals surface area contributed by atoms with Crippen LogP contribution in [0.2, 0.25) is 0 Å². The highest BCUT2D eigenvalue weighted by molar-refractivity contribution is 7.85. The van der Waals surface area contributed by atoms with Crippen molar-refractivity contribution >= 4 is 10.1 Å². The Morgan fingerprint density at radius 3 is 2.38 bits per heavy atom. The minimum Gasteiger partial charge on any atom is -0.748 e. The van der Waals surface area contributed by atoms with Gasteiger partial charge in [-0.3, -0.25) is 0 Å². The lowest BCUT2D eigenvalue weighted by molar-refractivity contribution is 0.0354. The third-order valence-electron chi connectivity index (χ3n) is 2.34. The average molecular weight is 255 g/mol. The van der Waals surface area contributed by atoms with Gasteiger partial charge in [0.15, 0.2) is 0 Å². The van der Waals surface area contributed by atoms with E-state index in [-0.39, 0.29) is 44.7 Å². The normalized spacial score (nSPS) is 16.0. The number of hydrogen-bond acceptors (Lipinski definition) is 6. The van der Waals surface area contributed by atoms with Crippen LogP contribution in [-0.4, -0.2) is 55.4 Å². The molecule has 2 N–H and O–H groups in total. The molecule has 0 aromatic rings. The van der Waals surface area contributed by atoms with Crippen molar-refractivity contribution in [2.45, 2.75) is 13.3 Å². The molecule has 2 unspecified atom stereocenters. The molecule has 0 aromatic heterocycles. The minimum absolute atomic E-state index is 0.0382. The highest BCUT2D eigenvalue weighted by Crippen LogP contribution is 2.10. The van der Waals surface area contributed by atoms with Crippen LogP contribution in [0, 0.1) is 11.8 Å². The van der Waals surface area contributed by atoms with E-state index in [4.69, 9.17) is 14.9 Å². The molecule has 0 aliphatic carbocycles. The van der Waals surface area contributed by atoms with Gasteiger partial charge in [0.25, 0.3) is 0 Å². The van der Waals surface area contributed by atoms with Crippen LogP contribution < -0.4 is 0 Å². The summed E-state index contributed by atoms with van der Waals surface area (Å²) in [6.07, 6.45) is 0.150. The number of aliphatic hydroxyl groups is 2. The second-order valence-corrected chi connectivity index (χ2v) is 5.32. The van der Waals surface area contributed by atoms with Crippen molar-refractivity contribution in [1.82, 2.24) is 0 Å². The molecule has 0 aliphatic heterocycles. The lowest BCUT2D eigenvalue weighted by atomic mass is 9.97. The van der Waals surface area contributed by atoms with Gasteiger partial charge >= 0.3 is 0 Å². The second kappa shape index (κ2) is 7.97. The standard InChI is InChI=1S/C9H20O6S/c1-8(5-10)9(6-11)7-15-3-2-4-16(12,13)14/h8-11H,2-7H2,1H3,(H,12,13,14)/p-1. The molecule has 0 bridgehead atoms. The summed E-state index contributed by atoms with van der Waals surface area (Å²) in [5, 5.41) is 17.8. The van der Waals surface area contributed by atoms with Crippen molar-refractivity contribution in [3.8, 4) is 0 Å². The van der Waals surface area contributed by atoms with E-state index < -0.39 is 15.9 Å². The molecule has 0 aliphatic rings. The maximum atomic E-state index is 10.3. The van der Waals surface area contributed by atoms with Crippen molar-refractivity contribution in [3.63, 3.8) is 0 Å². The van der Waals surface area contributed by atoms with E-state index in [0.717, 1.165) is 0 Å². The van der Waals surface area contributed by atoms with Gasteiger partial charge in [0.05, 0.1) is 16.7 Å². The van der Waals surface area contributed by atoms with Crippen LogP contribution in [0.5, 0.6) is 0 Å². The molecular formula is C9H19O6S-. The van der Waals surface area contributed by atoms with Gasteiger partial charge in [0.1, 0.15) is 0 Å². The summed E-state index contributed by atoms with van der Waals surface area (Å²) in [6.45, 7) is 2.06. The lowest BCUT2D eigenvalue weighted by Gasteiger charge is -2.19. The number of aliphatic hydroxyl groups excluding tert-OH is 2. The Hall–Kier alpha value is -0.210. The van der Waals surface area contributed by atoms with E-state index in [1.807, 2.05) is 0 Å². The summed E-state index contributed by atoms with van der Waals surface area (Å²) in [6, 6.07) is 0. The molecule has 0 spiro atoms. The molecule has 0 saturated carbocycles. The number of hydrogen-bond donors (Lipinski definition) is 2. The zero-order valence-corrected chi connectivity index (χ0v) is 10.1. The van der Waals surface area contributed by atoms with Crippen molar-refractivity contribution in [1.29, 1.82) is 0 Å². The summed E-state index contributed by atoms with van der Waals surface area (Å²) >= 11 is 0. The molecule has 6 nitrogen and oxygen atoms in total. The van der Waals surface area contributed by atoms with Crippen LogP contribution in [-0.2, 0) is 14.9 Å². The molecule has 0 heterocycles. The van der Waals surface area contributed by atoms with Crippen LogP contribution in [0.1, 0.15) is 13.3 Å². The van der Waals surface area contributed by atoms with Gasteiger partial charge in [0, 0.05) is 31.5 Å². The zero-order valence-electron chi connectivity index (χ0n) is 9.33. The molecule has 98 valence electrons. The molecule has 0 radical (unpaired) electrons. The van der Waals surface area contributed by atoms with E-state index in [9.17, 15) is 13.0 Å². The summed E-state index contributed by atoms with van der Waals surface area (Å²) in [5.41, 5.74) is 0. The molecule has 0 saturated heterocycles. The molecular weight excluding hydrogens is 236 g/mol. The van der Waals surface area contributed by atoms with Crippen molar-refractivity contribution in [3.05, 3.63) is 0 Å². The molecule has 2 atom stereocenters. The third-order valence-corrected chi connectivity index (χ3v) is 3.13. The van der Waals surface area contributed by atoms with Crippen LogP contribution in [0.3, 0.4) is 0 Å². The molecule has 0 amide bonds. The fraction of sp³-hybridized carbons (Fsp3) is 1.00. The van der Waals surface area contributed by atoms with Crippen LogP contribution >= 0.6 is 0 Å². The molecule has 0 aromatic carbocycles. The van der Waals surface area contributed by atoms with Crippen LogP contribution in [0.15, 0.2) is 0 Å². The molecule has 7 heteroatoms. The first-order valence-electron chi connectivity index (χ1n) is 5.13. The van der Waals surface area contributed by atoms with Gasteiger partial charge in [-0.25, -0.2) is 8.42 Å². The van der Waals surface area contributed by atoms with Crippen LogP contribution in [0.25, 0.3) is 0 Å². The topological polar surface area (TPSA) is 107 Å². The quantitative estimate of drug-likeness (QED) is 0.411. The van der Waals surface area contributed by atoms with Crippen molar-refractivity contribution in [2.24, 2.45) is 11.8 Å². The SMILES string of the molecule is CC(CO)C(CO)COCCCS(=O)(=O)[O-]. The number of ether oxygens (including phenoxy) is 1. The van der Waals surface area contributed by atoms with Crippen molar-refractivity contribution in [2.75, 3.05) is 32.2 Å². The lowest BCUT2D eigenvalue weighted by Crippen LogP contribution is -2.24. The maximum Gasteiger partial charge on any atom is 0.0946 e. The van der Waals surface area contributed by atoms with E-state index in [1.54, 1.807) is 6.92 Å². The van der Waals surface area contributed by atoms with Gasteiger partial charge in [0.2, 0.25) is 0 Å². The fourth-order valence-electron chi connectivity index (χ4n) is 1.12. The second-order valence-electron chi connectivity index (χ2n) is 3.79. The van der Waals surface area contributed by atoms with Gasteiger partial charge in [-0.2, -0.15) is 0 Å². The van der Waals surface area contributed by atoms with E-state index in [2.05, 4.69) is 0 Å². The first kappa shape index (κ1) is 15.8. The van der Waals surface area contributed by atoms with Crippen LogP contribution in [0.4, 0.5) is 0 Å². The Morgan fingerprint density at radius 1 is 1.31 bits per heavy atom. The maximum absolute atomic E-state index is 10.3. The van der Waals surface area contributed by atoms with E-state index in [1.165, 1.54) is 0 Å². The van der Waals surface area contributed by atoms with Gasteiger partial charge in [-0.1, -0.05) is 6.92 Å². The summed E-state index contributed by atoms with van der Waals surface area (Å²) in [7, 11) is -4.17. The van der Waals surface area contributed by atoms with E-state index >= 15 is 0 Å². The largest absolute Gasteiger partial charge is 0.748 e. The smallest absolute Gasteiger partial charge is 0.0946 e. The summed E-state index contributed by atoms with van der Waals surface area (Å²) < 4.78 is 35.9. The Morgan fingerprint density at radius 2 is 1.94 bits per heavy atom. The monoisotopic (exact) mass is 255 g/mol. The highest BCUT2D eigenvalue weighted by atomic mass is 32.2. The minimum atomic E-state index is -4.17. The fourth-order valence-corrected chi connectivity index (χ4v) is 1.59. The van der Waals surface area contributed by atoms with E-state index in [0.29, 0.717) is 0 Å². The number of rotatable bonds is 9. The third kappa shape index (κ3) is 8.00. The average Bonchev–Trinajstić information content (AvgIpc) is 2.21. The Kier molecular flexibility index (Phi) is 7.86. The van der Waals surface area contributed by atoms with Gasteiger partial charge < -0.3 is 19.5 Å². The summed E-state index contributed by atoms with van der Waals surface area (Å²) in [4.78, 5) is 0. The predicted molar refractivity (Wildman–Crippen MR) is 56.8 cm³/mol. The Labute approximate surface area is 96.0 Å². The first-order valence-corrected chi connectivity index (χ1v) is 6.71. The highest BCUT2D eigenvalue weighted by Gasteiger charge is 2.15. The first-order chi connectivity index (χ1) is 7.40. The van der Waals surface area contributed by atoms with Crippen molar-refractivity contribution < 1.29 is 27.9 Å². The van der Waals surface area contributed by atoms with Gasteiger partial charge in [-0.05, 0) is 12.3 Å². The molecule has 16 heavy (non-hydrogen) atoms. The molecule has 0 fully saturated rings. The Bertz CT molecular complexity index is 263. The molecule has 0 rings (SSSR count). The zero-order chi connectivity index (χ0) is 12.6. The Balaban J connectivity index is 3.64.